The molecule has 1 aliphatic rings. The Morgan fingerprint density at radius 3 is 2.51 bits per heavy atom. The smallest absolute Gasteiger partial charge is 0.344 e. The number of urea groups is 1. The van der Waals surface area contributed by atoms with E-state index in [2.05, 4.69) is 15.4 Å². The van der Waals surface area contributed by atoms with E-state index in [9.17, 15) is 14.0 Å². The molecule has 0 bridgehead atoms. The molecule has 1 aromatic heterocycles. The lowest BCUT2D eigenvalue weighted by atomic mass is 10.1. The highest BCUT2D eigenvalue weighted by molar-refractivity contribution is 8.24. The normalized spacial score (nSPS) is 15.7. The van der Waals surface area contributed by atoms with Gasteiger partial charge in [0.15, 0.2) is 6.23 Å². The Balaban J connectivity index is 1.53. The zero-order valence-electron chi connectivity index (χ0n) is 20.1. The maximum Gasteiger partial charge on any atom is 0.344 e. The number of carbonyl (C=O) groups excluding carboxylic acids is 2. The lowest BCUT2D eigenvalue weighted by Gasteiger charge is -2.38. The number of ether oxygens (including phenoxy) is 1. The van der Waals surface area contributed by atoms with E-state index in [-0.39, 0.29) is 17.0 Å². The molecule has 3 aromatic rings. The molecular weight excluding hydrogens is 545 g/mol. The van der Waals surface area contributed by atoms with Crippen molar-refractivity contribution in [2.45, 2.75) is 10.4 Å². The molecule has 4 rings (SSSR count). The van der Waals surface area contributed by atoms with Crippen LogP contribution in [-0.2, 0) is 0 Å². The number of benzene rings is 2. The van der Waals surface area contributed by atoms with Crippen molar-refractivity contribution in [1.29, 1.82) is 0 Å². The van der Waals surface area contributed by atoms with Crippen LogP contribution < -0.4 is 25.0 Å². The lowest BCUT2D eigenvalue weighted by molar-refractivity contribution is 0.0814. The van der Waals surface area contributed by atoms with Crippen LogP contribution in [0.15, 0.2) is 52.7 Å². The molecule has 2 heterocycles. The Morgan fingerprint density at radius 1 is 1.22 bits per heavy atom. The van der Waals surface area contributed by atoms with Gasteiger partial charge in [-0.15, -0.1) is 0 Å². The van der Waals surface area contributed by atoms with Gasteiger partial charge in [-0.05, 0) is 56.6 Å². The van der Waals surface area contributed by atoms with Crippen molar-refractivity contribution in [3.05, 3.63) is 64.2 Å². The molecule has 0 aliphatic carbocycles. The predicted molar refractivity (Wildman–Crippen MR) is 147 cm³/mol. The van der Waals surface area contributed by atoms with Crippen molar-refractivity contribution < 1.29 is 27.8 Å². The number of hydrogen-bond acceptors (Lipinski definition) is 6. The monoisotopic (exact) mass is 571 g/mol. The molecule has 2 aromatic carbocycles. The van der Waals surface area contributed by atoms with Gasteiger partial charge in [-0.25, -0.2) is 9.18 Å². The lowest BCUT2D eigenvalue weighted by Crippen LogP contribution is -2.52. The molecule has 3 amide bonds. The Labute approximate surface area is 223 Å². The summed E-state index contributed by atoms with van der Waals surface area (Å²) in [5.41, 5.74) is 1.21. The molecule has 7 N–H and O–H groups in total. The zero-order chi connectivity index (χ0) is 26.9. The van der Waals surface area contributed by atoms with Crippen LogP contribution in [0.4, 0.5) is 26.2 Å². The highest BCUT2D eigenvalue weighted by Gasteiger charge is 2.36. The summed E-state index contributed by atoms with van der Waals surface area (Å²) in [4.78, 5) is 29.2. The van der Waals surface area contributed by atoms with Crippen LogP contribution in [0.1, 0.15) is 10.4 Å². The number of rotatable bonds is 7. The molecule has 0 saturated carbocycles. The summed E-state index contributed by atoms with van der Waals surface area (Å²) in [6.45, 7) is 0.379. The first kappa shape index (κ1) is 27.0. The Bertz CT molecular complexity index is 1320. The van der Waals surface area contributed by atoms with Gasteiger partial charge in [-0.2, -0.15) is 4.72 Å². The molecular formula is C23H27ClFN5O5S2+2. The molecule has 1 unspecified atom stereocenters. The largest absolute Gasteiger partial charge is 0.468 e. The van der Waals surface area contributed by atoms with Crippen molar-refractivity contribution in [2.75, 3.05) is 43.2 Å². The van der Waals surface area contributed by atoms with Crippen molar-refractivity contribution in [3.8, 4) is 5.75 Å². The predicted octanol–water partition coefficient (Wildman–Crippen LogP) is 3.69. The molecule has 198 valence electrons. The number of nitrogens with zero attached hydrogens (tertiary/aromatic N) is 2. The van der Waals surface area contributed by atoms with Crippen molar-refractivity contribution >= 4 is 62.7 Å². The zero-order valence-corrected chi connectivity index (χ0v) is 22.5. The van der Waals surface area contributed by atoms with Crippen LogP contribution in [0.3, 0.4) is 0 Å². The topological polar surface area (TPSA) is 132 Å². The molecule has 0 saturated heterocycles. The average molecular weight is 572 g/mol. The molecule has 0 radical (unpaired) electrons. The summed E-state index contributed by atoms with van der Waals surface area (Å²) < 4.78 is 40.0. The van der Waals surface area contributed by atoms with Gasteiger partial charge < -0.3 is 20.3 Å². The van der Waals surface area contributed by atoms with Crippen LogP contribution in [0, 0.1) is 5.82 Å². The number of hydrogen-bond donors (Lipinski definition) is 3. The second kappa shape index (κ2) is 10.7. The number of likely N-dealkylation sites (N-methyl/N-ethyl adjacent to an activating group) is 1. The number of carbonyl (C=O) groups is 2. The van der Waals surface area contributed by atoms with E-state index in [1.807, 2.05) is 19.0 Å². The van der Waals surface area contributed by atoms with Gasteiger partial charge in [0.1, 0.15) is 22.3 Å². The summed E-state index contributed by atoms with van der Waals surface area (Å²) in [6, 6.07) is 11.5. The fraction of sp³-hybridized carbons (Fsp3) is 0.217. The van der Waals surface area contributed by atoms with E-state index < -0.39 is 34.8 Å². The van der Waals surface area contributed by atoms with Gasteiger partial charge in [0.2, 0.25) is 4.21 Å². The summed E-state index contributed by atoms with van der Waals surface area (Å²) in [5, 5.41) is 5.35. The fourth-order valence-electron chi connectivity index (χ4n) is 3.70. The van der Waals surface area contributed by atoms with Crippen molar-refractivity contribution in [1.82, 2.24) is 9.62 Å². The molecule has 1 aliphatic heterocycles. The highest BCUT2D eigenvalue weighted by Crippen LogP contribution is 2.48. The third kappa shape index (κ3) is 5.92. The third-order valence-corrected chi connectivity index (χ3v) is 8.62. The number of nitrogens with one attached hydrogen (secondary N) is 3. The average Bonchev–Trinajstić information content (AvgIpc) is 3.27. The number of fused-ring (bicyclic) bond motifs is 1. The van der Waals surface area contributed by atoms with Gasteiger partial charge in [-0.1, -0.05) is 22.9 Å². The van der Waals surface area contributed by atoms with Gasteiger partial charge >= 0.3 is 6.03 Å². The summed E-state index contributed by atoms with van der Waals surface area (Å²) in [5.74, 6) is -0.696. The summed E-state index contributed by atoms with van der Waals surface area (Å²) in [6.07, 6.45) is -0.680. The van der Waals surface area contributed by atoms with E-state index in [0.717, 1.165) is 17.4 Å². The van der Waals surface area contributed by atoms with E-state index in [1.54, 1.807) is 43.4 Å². The third-order valence-electron chi connectivity index (χ3n) is 5.36. The summed E-state index contributed by atoms with van der Waals surface area (Å²) >= 11 is 6.95. The minimum absolute atomic E-state index is 0.104. The molecule has 14 heteroatoms. The van der Waals surface area contributed by atoms with Crippen molar-refractivity contribution in [2.24, 2.45) is 0 Å². The number of halogens is 2. The molecule has 0 fully saturated rings. The SMILES string of the molecule is CNc1cc2c(cc1F)C(=O)N(c1ccc(NC(=O)NS([OH2+])([OH2+])c3ccc(Cl)s3)cc1)C(CN(C)C)O2. The minimum atomic E-state index is -3.08. The first-order valence-electron chi connectivity index (χ1n) is 10.9. The Hall–Kier alpha value is -3.07. The van der Waals surface area contributed by atoms with Crippen LogP contribution in [0.5, 0.6) is 5.75 Å². The molecule has 10 nitrogen and oxygen atoms in total. The van der Waals surface area contributed by atoms with Crippen molar-refractivity contribution in [3.63, 3.8) is 0 Å². The standard InChI is InChI=1S/C23H25ClFN5O5S2/c1-26-17-11-18-15(10-16(17)25)22(31)30(20(35-18)12-29(2)3)14-6-4-13(5-7-14)27-23(32)28-37(33,34)21-9-8-19(24)36-21/h4-11,20,26,33-34H,12H2,1-3H3,(H2,27,28,32)/p+2. The van der Waals surface area contributed by atoms with Crippen LogP contribution >= 0.6 is 33.7 Å². The van der Waals surface area contributed by atoms with E-state index in [0.29, 0.717) is 26.5 Å². The molecule has 0 spiro atoms. The summed E-state index contributed by atoms with van der Waals surface area (Å²) in [7, 11) is 2.20. The van der Waals surface area contributed by atoms with E-state index in [1.165, 1.54) is 11.0 Å². The molecule has 37 heavy (non-hydrogen) atoms. The van der Waals surface area contributed by atoms with Gasteiger partial charge in [0, 0.05) is 24.5 Å². The number of amides is 3. The Kier molecular flexibility index (Phi) is 7.83. The second-order valence-corrected chi connectivity index (χ2v) is 12.2. The number of thiophene rings is 1. The van der Waals surface area contributed by atoms with Crippen LogP contribution in [0.25, 0.3) is 0 Å². The van der Waals surface area contributed by atoms with E-state index >= 15 is 0 Å². The second-order valence-electron chi connectivity index (χ2n) is 8.36. The maximum absolute atomic E-state index is 14.4. The molecule has 1 atom stereocenters. The highest BCUT2D eigenvalue weighted by atomic mass is 35.5. The van der Waals surface area contributed by atoms with Crippen LogP contribution in [-0.4, -0.2) is 59.9 Å². The van der Waals surface area contributed by atoms with E-state index in [4.69, 9.17) is 25.4 Å². The first-order valence-corrected chi connectivity index (χ1v) is 13.7. The minimum Gasteiger partial charge on any atom is -0.468 e. The van der Waals surface area contributed by atoms with Gasteiger partial charge in [0.25, 0.3) is 5.91 Å². The Morgan fingerprint density at radius 2 is 1.92 bits per heavy atom. The quantitative estimate of drug-likeness (QED) is 0.372. The fourth-order valence-corrected chi connectivity index (χ4v) is 6.21. The maximum atomic E-state index is 14.4. The van der Waals surface area contributed by atoms with Gasteiger partial charge in [0.05, 0.1) is 22.1 Å². The first-order chi connectivity index (χ1) is 17.5. The number of anilines is 3. The van der Waals surface area contributed by atoms with Crippen LogP contribution in [0.2, 0.25) is 4.34 Å². The van der Waals surface area contributed by atoms with Gasteiger partial charge in [-0.3, -0.25) is 18.8 Å².